The van der Waals surface area contributed by atoms with Crippen LogP contribution < -0.4 is 21.3 Å². The number of nitrogens with zero attached hydrogens (tertiary/aromatic N) is 1. The van der Waals surface area contributed by atoms with E-state index >= 15 is 0 Å². The van der Waals surface area contributed by atoms with E-state index in [2.05, 4.69) is 26.3 Å². The summed E-state index contributed by atoms with van der Waals surface area (Å²) in [5.74, 6) is 0.457. The van der Waals surface area contributed by atoms with Gasteiger partial charge in [-0.3, -0.25) is 4.79 Å². The first kappa shape index (κ1) is 21.1. The van der Waals surface area contributed by atoms with Crippen LogP contribution in [0.1, 0.15) is 54.4 Å². The van der Waals surface area contributed by atoms with Crippen LogP contribution in [0.2, 0.25) is 0 Å². The van der Waals surface area contributed by atoms with Gasteiger partial charge in [-0.15, -0.1) is 0 Å². The van der Waals surface area contributed by atoms with E-state index in [-0.39, 0.29) is 12.5 Å². The predicted octanol–water partition coefficient (Wildman–Crippen LogP) is 1.12. The summed E-state index contributed by atoms with van der Waals surface area (Å²) in [6.45, 7) is 12.4. The summed E-state index contributed by atoms with van der Waals surface area (Å²) in [5, 5.41) is 11.9. The van der Waals surface area contributed by atoms with Crippen LogP contribution in [-0.2, 0) is 9.53 Å². The van der Waals surface area contributed by atoms with Crippen molar-refractivity contribution in [2.24, 2.45) is 4.99 Å². The molecule has 1 fully saturated rings. The molecular formula is C17H33N5O3. The van der Waals surface area contributed by atoms with Gasteiger partial charge in [-0.25, -0.2) is 9.79 Å². The second-order valence-corrected chi connectivity index (χ2v) is 7.90. The van der Waals surface area contributed by atoms with Crippen molar-refractivity contribution in [3.63, 3.8) is 0 Å². The molecule has 8 nitrogen and oxygen atoms in total. The van der Waals surface area contributed by atoms with Gasteiger partial charge in [0.1, 0.15) is 12.1 Å². The number of carbonyl (C=O) groups is 2. The molecule has 0 aliphatic heterocycles. The highest BCUT2D eigenvalue weighted by Gasteiger charge is 2.25. The number of carbonyl (C=O) groups excluding carboxylic acids is 2. The zero-order valence-electron chi connectivity index (χ0n) is 16.3. The average molecular weight is 355 g/mol. The fourth-order valence-electron chi connectivity index (χ4n) is 1.92. The molecule has 1 aliphatic carbocycles. The number of nitrogens with one attached hydrogen (secondary N) is 4. The number of aliphatic imine (C=N–C) groups is 1. The monoisotopic (exact) mass is 355 g/mol. The van der Waals surface area contributed by atoms with Crippen molar-refractivity contribution in [3.8, 4) is 0 Å². The standard InChI is InChI=1S/C17H33N5O3/c1-7-18-14(19-10-13(23)21-12-8-9-12)20-11-17(5,6)22-15(24)25-16(2,3)4/h12H,7-11H2,1-6H3,(H,21,23)(H,22,24)(H2,18,19,20). The highest BCUT2D eigenvalue weighted by atomic mass is 16.6. The Morgan fingerprint density at radius 1 is 1.12 bits per heavy atom. The largest absolute Gasteiger partial charge is 0.444 e. The van der Waals surface area contributed by atoms with Gasteiger partial charge in [0.25, 0.3) is 0 Å². The maximum Gasteiger partial charge on any atom is 0.408 e. The van der Waals surface area contributed by atoms with E-state index in [1.54, 1.807) is 0 Å². The van der Waals surface area contributed by atoms with Crippen LogP contribution in [-0.4, -0.2) is 54.8 Å². The SMILES string of the molecule is CCNC(=NCC(=O)NC1CC1)NCC(C)(C)NC(=O)OC(C)(C)C. The molecule has 4 N–H and O–H groups in total. The van der Waals surface area contributed by atoms with Crippen LogP contribution in [0.3, 0.4) is 0 Å². The molecule has 0 atom stereocenters. The Labute approximate surface area is 150 Å². The zero-order chi connectivity index (χ0) is 19.1. The average Bonchev–Trinajstić information content (AvgIpc) is 3.23. The zero-order valence-corrected chi connectivity index (χ0v) is 16.3. The summed E-state index contributed by atoms with van der Waals surface area (Å²) in [6.07, 6.45) is 1.64. The Kier molecular flexibility index (Phi) is 7.51. The fraction of sp³-hybridized carbons (Fsp3) is 0.824. The van der Waals surface area contributed by atoms with Crippen LogP contribution in [0, 0.1) is 0 Å². The third kappa shape index (κ3) is 10.5. The van der Waals surface area contributed by atoms with Gasteiger partial charge in [0.15, 0.2) is 5.96 Å². The topological polar surface area (TPSA) is 104 Å². The van der Waals surface area contributed by atoms with Crippen molar-refractivity contribution in [1.29, 1.82) is 0 Å². The molecule has 1 saturated carbocycles. The minimum atomic E-state index is -0.547. The lowest BCUT2D eigenvalue weighted by Gasteiger charge is -2.29. The molecule has 1 rings (SSSR count). The van der Waals surface area contributed by atoms with Crippen molar-refractivity contribution >= 4 is 18.0 Å². The van der Waals surface area contributed by atoms with E-state index in [0.717, 1.165) is 12.8 Å². The van der Waals surface area contributed by atoms with E-state index in [0.29, 0.717) is 25.1 Å². The highest BCUT2D eigenvalue weighted by Crippen LogP contribution is 2.18. The molecule has 144 valence electrons. The quantitative estimate of drug-likeness (QED) is 0.405. The Bertz CT molecular complexity index is 493. The highest BCUT2D eigenvalue weighted by molar-refractivity contribution is 5.85. The minimum absolute atomic E-state index is 0.0752. The minimum Gasteiger partial charge on any atom is -0.444 e. The van der Waals surface area contributed by atoms with Crippen LogP contribution in [0.5, 0.6) is 0 Å². The lowest BCUT2D eigenvalue weighted by Crippen LogP contribution is -2.54. The smallest absolute Gasteiger partial charge is 0.408 e. The van der Waals surface area contributed by atoms with E-state index in [9.17, 15) is 9.59 Å². The number of hydrogen-bond donors (Lipinski definition) is 4. The van der Waals surface area contributed by atoms with Crippen molar-refractivity contribution in [2.75, 3.05) is 19.6 Å². The van der Waals surface area contributed by atoms with Gasteiger partial charge in [0.05, 0.1) is 5.54 Å². The van der Waals surface area contributed by atoms with Crippen LogP contribution in [0.4, 0.5) is 4.79 Å². The summed E-state index contributed by atoms with van der Waals surface area (Å²) in [6, 6.07) is 0.329. The van der Waals surface area contributed by atoms with E-state index < -0.39 is 17.2 Å². The molecule has 0 saturated heterocycles. The number of rotatable bonds is 7. The number of ether oxygens (including phenoxy) is 1. The first-order valence-electron chi connectivity index (χ1n) is 8.83. The van der Waals surface area contributed by atoms with Crippen LogP contribution in [0.15, 0.2) is 4.99 Å². The van der Waals surface area contributed by atoms with E-state index in [4.69, 9.17) is 4.74 Å². The van der Waals surface area contributed by atoms with E-state index in [1.165, 1.54) is 0 Å². The summed E-state index contributed by atoms with van der Waals surface area (Å²) >= 11 is 0. The first-order chi connectivity index (χ1) is 11.5. The number of hydrogen-bond acceptors (Lipinski definition) is 4. The normalized spacial score (nSPS) is 15.4. The molecular weight excluding hydrogens is 322 g/mol. The molecule has 25 heavy (non-hydrogen) atoms. The molecule has 1 aliphatic rings. The number of guanidine groups is 1. The molecule has 8 heteroatoms. The molecule has 0 unspecified atom stereocenters. The Hall–Kier alpha value is -1.99. The number of amides is 2. The number of alkyl carbamates (subject to hydrolysis) is 1. The van der Waals surface area contributed by atoms with Gasteiger partial charge in [0, 0.05) is 19.1 Å². The molecule has 0 radical (unpaired) electrons. The van der Waals surface area contributed by atoms with Gasteiger partial charge >= 0.3 is 6.09 Å². The molecule has 0 aromatic carbocycles. The van der Waals surface area contributed by atoms with Gasteiger partial charge in [-0.1, -0.05) is 0 Å². The lowest BCUT2D eigenvalue weighted by atomic mass is 10.1. The third-order valence-corrected chi connectivity index (χ3v) is 3.20. The van der Waals surface area contributed by atoms with Crippen LogP contribution in [0.25, 0.3) is 0 Å². The molecule has 0 aromatic rings. The molecule has 0 bridgehead atoms. The second kappa shape index (κ2) is 8.92. The summed E-state index contributed by atoms with van der Waals surface area (Å²) < 4.78 is 5.27. The lowest BCUT2D eigenvalue weighted by molar-refractivity contribution is -0.119. The molecule has 0 spiro atoms. The summed E-state index contributed by atoms with van der Waals surface area (Å²) in [5.41, 5.74) is -1.09. The Morgan fingerprint density at radius 3 is 2.28 bits per heavy atom. The van der Waals surface area contributed by atoms with Crippen molar-refractivity contribution in [3.05, 3.63) is 0 Å². The van der Waals surface area contributed by atoms with Crippen molar-refractivity contribution in [2.45, 2.75) is 71.6 Å². The van der Waals surface area contributed by atoms with Crippen molar-refractivity contribution in [1.82, 2.24) is 21.3 Å². The fourth-order valence-corrected chi connectivity index (χ4v) is 1.92. The maximum absolute atomic E-state index is 11.9. The predicted molar refractivity (Wildman–Crippen MR) is 98.6 cm³/mol. The Balaban J connectivity index is 2.47. The van der Waals surface area contributed by atoms with Crippen LogP contribution >= 0.6 is 0 Å². The van der Waals surface area contributed by atoms with Gasteiger partial charge in [0.2, 0.25) is 5.91 Å². The summed E-state index contributed by atoms with van der Waals surface area (Å²) in [4.78, 5) is 27.9. The Morgan fingerprint density at radius 2 is 1.76 bits per heavy atom. The second-order valence-electron chi connectivity index (χ2n) is 7.90. The van der Waals surface area contributed by atoms with E-state index in [1.807, 2.05) is 41.5 Å². The molecule has 0 aromatic heterocycles. The van der Waals surface area contributed by atoms with Gasteiger partial charge in [-0.2, -0.15) is 0 Å². The van der Waals surface area contributed by atoms with Gasteiger partial charge in [-0.05, 0) is 54.4 Å². The first-order valence-corrected chi connectivity index (χ1v) is 8.83. The molecule has 0 heterocycles. The maximum atomic E-state index is 11.9. The molecule has 2 amide bonds. The van der Waals surface area contributed by atoms with Crippen molar-refractivity contribution < 1.29 is 14.3 Å². The summed E-state index contributed by atoms with van der Waals surface area (Å²) in [7, 11) is 0. The third-order valence-electron chi connectivity index (χ3n) is 3.20. The van der Waals surface area contributed by atoms with Gasteiger partial charge < -0.3 is 26.0 Å².